The van der Waals surface area contributed by atoms with Crippen LogP contribution in [0.15, 0.2) is 82.6 Å². The van der Waals surface area contributed by atoms with E-state index in [2.05, 4.69) is 5.32 Å². The second-order valence-corrected chi connectivity index (χ2v) is 8.39. The lowest BCUT2D eigenvalue weighted by molar-refractivity contribution is -0.139. The average Bonchev–Trinajstić information content (AvgIpc) is 2.78. The minimum Gasteiger partial charge on any atom is -0.497 e. The number of alkyl halides is 3. The number of nitrogens with one attached hydrogen (secondary N) is 1. The van der Waals surface area contributed by atoms with E-state index in [-0.39, 0.29) is 16.3 Å². The number of anilines is 1. The van der Waals surface area contributed by atoms with Gasteiger partial charge in [0.05, 0.1) is 23.3 Å². The summed E-state index contributed by atoms with van der Waals surface area (Å²) in [5, 5.41) is 2.47. The molecule has 3 aromatic rings. The maximum absolute atomic E-state index is 13.6. The zero-order chi connectivity index (χ0) is 23.4. The summed E-state index contributed by atoms with van der Waals surface area (Å²) in [5.74, 6) is -0.0861. The number of carbonyl (C=O) groups is 1. The molecule has 3 aromatic carbocycles. The van der Waals surface area contributed by atoms with Crippen molar-refractivity contribution in [3.05, 3.63) is 78.4 Å². The van der Waals surface area contributed by atoms with Crippen LogP contribution in [0.5, 0.6) is 11.5 Å². The van der Waals surface area contributed by atoms with E-state index in [4.69, 9.17) is 9.47 Å². The first kappa shape index (κ1) is 23.1. The van der Waals surface area contributed by atoms with Crippen LogP contribution in [0.4, 0.5) is 18.9 Å². The number of hydrogen-bond donors (Lipinski definition) is 1. The summed E-state index contributed by atoms with van der Waals surface area (Å²) in [6.45, 7) is -0.565. The Balaban J connectivity index is 1.90. The quantitative estimate of drug-likeness (QED) is 0.407. The first-order valence-corrected chi connectivity index (χ1v) is 10.7. The standard InChI is InChI=1S/C22H18F3NO5S/c1-30-15-10-12-16(13-11-15)31-20(27)14-26-19-9-5-8-18(22(23,24)25)21(19)32(28,29)17-6-3-2-4-7-17/h2-13,26H,14H2,1H3. The molecule has 1 N–H and O–H groups in total. The number of carbonyl (C=O) groups excluding carboxylic acids is 1. The number of benzene rings is 3. The van der Waals surface area contributed by atoms with E-state index in [0.29, 0.717) is 11.8 Å². The molecule has 10 heteroatoms. The smallest absolute Gasteiger partial charge is 0.417 e. The van der Waals surface area contributed by atoms with E-state index in [1.807, 2.05) is 0 Å². The maximum atomic E-state index is 13.6. The SMILES string of the molecule is COc1ccc(OC(=O)CNc2cccc(C(F)(F)F)c2S(=O)(=O)c2ccccc2)cc1. The van der Waals surface area contributed by atoms with E-state index in [1.165, 1.54) is 43.5 Å². The normalized spacial score (nSPS) is 11.6. The Morgan fingerprint density at radius 1 is 0.906 bits per heavy atom. The molecule has 3 rings (SSSR count). The van der Waals surface area contributed by atoms with Crippen molar-refractivity contribution < 1.29 is 35.9 Å². The number of rotatable bonds is 7. The Labute approximate surface area is 182 Å². The van der Waals surface area contributed by atoms with Crippen LogP contribution in [-0.4, -0.2) is 28.0 Å². The molecule has 0 aliphatic rings. The zero-order valence-corrected chi connectivity index (χ0v) is 17.5. The maximum Gasteiger partial charge on any atom is 0.417 e. The lowest BCUT2D eigenvalue weighted by Gasteiger charge is -2.18. The van der Waals surface area contributed by atoms with E-state index >= 15 is 0 Å². The van der Waals surface area contributed by atoms with Crippen LogP contribution in [0.25, 0.3) is 0 Å². The number of ether oxygens (including phenoxy) is 2. The molecule has 0 radical (unpaired) electrons. The van der Waals surface area contributed by atoms with Crippen LogP contribution in [0, 0.1) is 0 Å². The van der Waals surface area contributed by atoms with Crippen LogP contribution in [0.3, 0.4) is 0 Å². The fraction of sp³-hybridized carbons (Fsp3) is 0.136. The fourth-order valence-electron chi connectivity index (χ4n) is 2.89. The van der Waals surface area contributed by atoms with E-state index in [9.17, 15) is 26.4 Å². The van der Waals surface area contributed by atoms with Gasteiger partial charge in [-0.2, -0.15) is 13.2 Å². The van der Waals surface area contributed by atoms with Crippen molar-refractivity contribution >= 4 is 21.5 Å². The van der Waals surface area contributed by atoms with Gasteiger partial charge < -0.3 is 14.8 Å². The lowest BCUT2D eigenvalue weighted by Crippen LogP contribution is -2.22. The molecule has 0 fully saturated rings. The van der Waals surface area contributed by atoms with Crippen molar-refractivity contribution in [3.8, 4) is 11.5 Å². The number of hydrogen-bond acceptors (Lipinski definition) is 6. The highest BCUT2D eigenvalue weighted by Gasteiger charge is 2.39. The van der Waals surface area contributed by atoms with Gasteiger partial charge in [0.1, 0.15) is 22.9 Å². The Morgan fingerprint density at radius 2 is 1.53 bits per heavy atom. The minimum absolute atomic E-state index is 0.193. The van der Waals surface area contributed by atoms with Gasteiger partial charge in [0, 0.05) is 0 Å². The molecule has 0 heterocycles. The van der Waals surface area contributed by atoms with Crippen LogP contribution < -0.4 is 14.8 Å². The Hall–Kier alpha value is -3.53. The minimum atomic E-state index is -4.93. The molecule has 6 nitrogen and oxygen atoms in total. The molecule has 0 aliphatic heterocycles. The molecule has 0 atom stereocenters. The van der Waals surface area contributed by atoms with Gasteiger partial charge in [0.2, 0.25) is 9.84 Å². The summed E-state index contributed by atoms with van der Waals surface area (Å²) in [6.07, 6.45) is -4.93. The highest BCUT2D eigenvalue weighted by molar-refractivity contribution is 7.91. The Kier molecular flexibility index (Phi) is 6.73. The van der Waals surface area contributed by atoms with Crippen molar-refractivity contribution in [1.82, 2.24) is 0 Å². The molecule has 0 unspecified atom stereocenters. The molecule has 0 bridgehead atoms. The third-order valence-electron chi connectivity index (χ3n) is 4.36. The van der Waals surface area contributed by atoms with E-state index < -0.39 is 39.0 Å². The van der Waals surface area contributed by atoms with Crippen molar-refractivity contribution in [2.45, 2.75) is 16.0 Å². The van der Waals surface area contributed by atoms with Gasteiger partial charge in [-0.15, -0.1) is 0 Å². The van der Waals surface area contributed by atoms with Crippen molar-refractivity contribution in [2.75, 3.05) is 19.0 Å². The third-order valence-corrected chi connectivity index (χ3v) is 6.23. The topological polar surface area (TPSA) is 81.7 Å². The molecule has 0 saturated carbocycles. The zero-order valence-electron chi connectivity index (χ0n) is 16.7. The highest BCUT2D eigenvalue weighted by atomic mass is 32.2. The molecule has 0 spiro atoms. The van der Waals surface area contributed by atoms with Crippen LogP contribution >= 0.6 is 0 Å². The fourth-order valence-corrected chi connectivity index (χ4v) is 4.54. The van der Waals surface area contributed by atoms with Gasteiger partial charge in [0.25, 0.3) is 0 Å². The second-order valence-electron chi connectivity index (χ2n) is 6.50. The molecule has 0 aromatic heterocycles. The predicted octanol–water partition coefficient (Wildman–Crippen LogP) is 4.56. The van der Waals surface area contributed by atoms with Gasteiger partial charge in [-0.05, 0) is 48.5 Å². The van der Waals surface area contributed by atoms with Crippen LogP contribution in [0.2, 0.25) is 0 Å². The number of sulfone groups is 1. The molecule has 168 valence electrons. The largest absolute Gasteiger partial charge is 0.497 e. The monoisotopic (exact) mass is 465 g/mol. The average molecular weight is 465 g/mol. The van der Waals surface area contributed by atoms with Crippen LogP contribution in [0.1, 0.15) is 5.56 Å². The lowest BCUT2D eigenvalue weighted by atomic mass is 10.2. The van der Waals surface area contributed by atoms with Crippen molar-refractivity contribution in [2.24, 2.45) is 0 Å². The van der Waals surface area contributed by atoms with E-state index in [1.54, 1.807) is 18.2 Å². The summed E-state index contributed by atoms with van der Waals surface area (Å²) in [7, 11) is -3.07. The number of halogens is 3. The number of methoxy groups -OCH3 is 1. The molecule has 32 heavy (non-hydrogen) atoms. The summed E-state index contributed by atoms with van der Waals surface area (Å²) in [5.41, 5.74) is -1.70. The Morgan fingerprint density at radius 3 is 2.12 bits per heavy atom. The summed E-state index contributed by atoms with van der Waals surface area (Å²) in [6, 6.07) is 15.7. The second kappa shape index (κ2) is 9.31. The molecule has 0 saturated heterocycles. The highest BCUT2D eigenvalue weighted by Crippen LogP contribution is 2.40. The van der Waals surface area contributed by atoms with Gasteiger partial charge >= 0.3 is 12.1 Å². The van der Waals surface area contributed by atoms with Crippen molar-refractivity contribution in [1.29, 1.82) is 0 Å². The molecular formula is C22H18F3NO5S. The predicted molar refractivity (Wildman–Crippen MR) is 110 cm³/mol. The summed E-state index contributed by atoms with van der Waals surface area (Å²) >= 11 is 0. The van der Waals surface area contributed by atoms with Crippen molar-refractivity contribution in [3.63, 3.8) is 0 Å². The van der Waals surface area contributed by atoms with Gasteiger partial charge in [-0.1, -0.05) is 24.3 Å². The number of esters is 1. The summed E-state index contributed by atoms with van der Waals surface area (Å²) in [4.78, 5) is 10.9. The van der Waals surface area contributed by atoms with Gasteiger partial charge in [-0.25, -0.2) is 13.2 Å². The van der Waals surface area contributed by atoms with Gasteiger partial charge in [0.15, 0.2) is 0 Å². The molecule has 0 amide bonds. The molecule has 0 aliphatic carbocycles. The first-order chi connectivity index (χ1) is 15.1. The Bertz CT molecular complexity index is 1190. The van der Waals surface area contributed by atoms with E-state index in [0.717, 1.165) is 12.1 Å². The first-order valence-electron chi connectivity index (χ1n) is 9.22. The van der Waals surface area contributed by atoms with Gasteiger partial charge in [-0.3, -0.25) is 0 Å². The third kappa shape index (κ3) is 5.20. The molecular weight excluding hydrogens is 447 g/mol. The van der Waals surface area contributed by atoms with Crippen LogP contribution in [-0.2, 0) is 20.8 Å². The summed E-state index contributed by atoms with van der Waals surface area (Å²) < 4.78 is 77.1.